The number of carbonyl (C=O) groups is 1. The number of halogens is 1. The molecule has 0 unspecified atom stereocenters. The average molecular weight is 277 g/mol. The summed E-state index contributed by atoms with van der Waals surface area (Å²) in [4.78, 5) is 17.5. The molecule has 0 aliphatic rings. The molecule has 0 radical (unpaired) electrons. The molecular weight excluding hydrogens is 256 g/mol. The Morgan fingerprint density at radius 3 is 2.56 bits per heavy atom. The van der Waals surface area contributed by atoms with Gasteiger partial charge in [-0.05, 0) is 12.3 Å². The molecule has 104 valence electrons. The molecule has 1 aromatic rings. The van der Waals surface area contributed by atoms with Crippen molar-refractivity contribution in [3.8, 4) is 0 Å². The Kier molecular flexibility index (Phi) is 6.86. The third kappa shape index (κ3) is 5.01. The molecule has 1 heterocycles. The minimum atomic E-state index is -0.465. The van der Waals surface area contributed by atoms with Crippen LogP contribution in [0.4, 0.5) is 0 Å². The number of aryl methyl sites for hydroxylation is 1. The number of amides is 1. The molecule has 1 rings (SSSR count). The molecule has 1 amide bonds. The average Bonchev–Trinajstić information content (AvgIpc) is 2.61. The van der Waals surface area contributed by atoms with Crippen LogP contribution < -0.4 is 5.73 Å². The van der Waals surface area contributed by atoms with Gasteiger partial charge in [-0.3, -0.25) is 4.79 Å². The van der Waals surface area contributed by atoms with Crippen LogP contribution in [0.25, 0.3) is 0 Å². The number of hydrogen-bond acceptors (Lipinski definition) is 5. The topological polar surface area (TPSA) is 85.2 Å². The summed E-state index contributed by atoms with van der Waals surface area (Å²) in [5, 5.41) is 3.74. The van der Waals surface area contributed by atoms with E-state index < -0.39 is 6.04 Å². The van der Waals surface area contributed by atoms with Gasteiger partial charge in [-0.25, -0.2) is 0 Å². The van der Waals surface area contributed by atoms with Gasteiger partial charge >= 0.3 is 0 Å². The molecule has 0 fully saturated rings. The zero-order valence-corrected chi connectivity index (χ0v) is 12.0. The third-order valence-corrected chi connectivity index (χ3v) is 2.37. The van der Waals surface area contributed by atoms with Crippen LogP contribution in [0.1, 0.15) is 32.0 Å². The van der Waals surface area contributed by atoms with Gasteiger partial charge < -0.3 is 15.2 Å². The Morgan fingerprint density at radius 2 is 2.11 bits per heavy atom. The van der Waals surface area contributed by atoms with Crippen LogP contribution in [0, 0.1) is 12.8 Å². The van der Waals surface area contributed by atoms with E-state index in [2.05, 4.69) is 10.1 Å². The minimum Gasteiger partial charge on any atom is -0.340 e. The summed E-state index contributed by atoms with van der Waals surface area (Å²) >= 11 is 0. The Balaban J connectivity index is 0.00000289. The maximum absolute atomic E-state index is 11.9. The number of nitrogens with two attached hydrogens (primary N) is 1. The van der Waals surface area contributed by atoms with Crippen LogP contribution in [0.5, 0.6) is 0 Å². The Bertz CT molecular complexity index is 381. The molecule has 18 heavy (non-hydrogen) atoms. The fourth-order valence-corrected chi connectivity index (χ4v) is 1.59. The van der Waals surface area contributed by atoms with E-state index in [-0.39, 0.29) is 18.3 Å². The molecule has 0 spiro atoms. The first-order chi connectivity index (χ1) is 7.90. The SMILES string of the molecule is Cc1nc(CN(C)C(=O)[C@@H](N)CC(C)C)no1.Cl. The maximum Gasteiger partial charge on any atom is 0.239 e. The van der Waals surface area contributed by atoms with Crippen molar-refractivity contribution in [2.75, 3.05) is 7.05 Å². The lowest BCUT2D eigenvalue weighted by Crippen LogP contribution is -2.42. The second kappa shape index (κ2) is 7.33. The van der Waals surface area contributed by atoms with Gasteiger partial charge in [0.15, 0.2) is 5.82 Å². The molecule has 1 atom stereocenters. The van der Waals surface area contributed by atoms with Gasteiger partial charge in [-0.15, -0.1) is 12.4 Å². The highest BCUT2D eigenvalue weighted by molar-refractivity contribution is 5.85. The highest BCUT2D eigenvalue weighted by atomic mass is 35.5. The number of hydrogen-bond donors (Lipinski definition) is 1. The summed E-state index contributed by atoms with van der Waals surface area (Å²) in [6.07, 6.45) is 0.675. The van der Waals surface area contributed by atoms with Crippen LogP contribution in [-0.2, 0) is 11.3 Å². The standard InChI is InChI=1S/C11H20N4O2.ClH/c1-7(2)5-9(12)11(16)15(4)6-10-13-8(3)17-14-10;/h7,9H,5-6,12H2,1-4H3;1H/t9-;/m0./s1. The van der Waals surface area contributed by atoms with E-state index in [1.165, 1.54) is 4.90 Å². The molecule has 1 aromatic heterocycles. The van der Waals surface area contributed by atoms with Crippen LogP contribution in [0.15, 0.2) is 4.52 Å². The Morgan fingerprint density at radius 1 is 1.50 bits per heavy atom. The van der Waals surface area contributed by atoms with Gasteiger partial charge in [0.25, 0.3) is 0 Å². The lowest BCUT2D eigenvalue weighted by atomic mass is 10.0. The zero-order chi connectivity index (χ0) is 13.0. The van der Waals surface area contributed by atoms with Crippen LogP contribution in [-0.4, -0.2) is 34.0 Å². The van der Waals surface area contributed by atoms with Crippen LogP contribution in [0.3, 0.4) is 0 Å². The van der Waals surface area contributed by atoms with Gasteiger partial charge in [0.2, 0.25) is 11.8 Å². The van der Waals surface area contributed by atoms with Gasteiger partial charge in [0, 0.05) is 14.0 Å². The van der Waals surface area contributed by atoms with Crippen molar-refractivity contribution in [3.05, 3.63) is 11.7 Å². The second-order valence-electron chi connectivity index (χ2n) is 4.66. The van der Waals surface area contributed by atoms with Crippen molar-refractivity contribution in [1.82, 2.24) is 15.0 Å². The van der Waals surface area contributed by atoms with Crippen LogP contribution >= 0.6 is 12.4 Å². The highest BCUT2D eigenvalue weighted by Gasteiger charge is 2.20. The van der Waals surface area contributed by atoms with Crippen molar-refractivity contribution >= 4 is 18.3 Å². The van der Waals surface area contributed by atoms with Gasteiger partial charge in [0.1, 0.15) is 0 Å². The minimum absolute atomic E-state index is 0. The highest BCUT2D eigenvalue weighted by Crippen LogP contribution is 2.07. The van der Waals surface area contributed by atoms with E-state index in [0.29, 0.717) is 30.6 Å². The normalized spacial score (nSPS) is 12.1. The smallest absolute Gasteiger partial charge is 0.239 e. The predicted molar refractivity (Wildman–Crippen MR) is 70.2 cm³/mol. The van der Waals surface area contributed by atoms with Gasteiger partial charge in [-0.1, -0.05) is 19.0 Å². The first-order valence-corrected chi connectivity index (χ1v) is 5.70. The van der Waals surface area contributed by atoms with Crippen LogP contribution in [0.2, 0.25) is 0 Å². The summed E-state index contributed by atoms with van der Waals surface area (Å²) in [5.41, 5.74) is 5.82. The maximum atomic E-state index is 11.9. The number of nitrogens with zero attached hydrogens (tertiary/aromatic N) is 3. The molecule has 0 aliphatic heterocycles. The molecule has 0 saturated heterocycles. The van der Waals surface area contributed by atoms with Crippen molar-refractivity contribution in [2.24, 2.45) is 11.7 Å². The van der Waals surface area contributed by atoms with E-state index in [0.717, 1.165) is 0 Å². The van der Waals surface area contributed by atoms with E-state index >= 15 is 0 Å². The molecule has 7 heteroatoms. The summed E-state index contributed by atoms with van der Waals surface area (Å²) in [6, 6.07) is -0.465. The number of likely N-dealkylation sites (N-methyl/N-ethyl adjacent to an activating group) is 1. The molecule has 2 N–H and O–H groups in total. The lowest BCUT2D eigenvalue weighted by Gasteiger charge is -2.20. The fraction of sp³-hybridized carbons (Fsp3) is 0.727. The summed E-state index contributed by atoms with van der Waals surface area (Å²) in [6.45, 7) is 6.11. The third-order valence-electron chi connectivity index (χ3n) is 2.37. The van der Waals surface area contributed by atoms with E-state index in [4.69, 9.17) is 10.3 Å². The molecule has 0 bridgehead atoms. The van der Waals surface area contributed by atoms with Gasteiger partial charge in [-0.2, -0.15) is 4.98 Å². The number of aromatic nitrogens is 2. The molecule has 0 aliphatic carbocycles. The first kappa shape index (κ1) is 16.9. The second-order valence-corrected chi connectivity index (χ2v) is 4.66. The Hall–Kier alpha value is -1.14. The van der Waals surface area contributed by atoms with E-state index in [1.807, 2.05) is 13.8 Å². The summed E-state index contributed by atoms with van der Waals surface area (Å²) < 4.78 is 4.84. The molecular formula is C11H21ClN4O2. The van der Waals surface area contributed by atoms with E-state index in [9.17, 15) is 4.79 Å². The predicted octanol–water partition coefficient (Wildman–Crippen LogP) is 1.13. The van der Waals surface area contributed by atoms with Crippen molar-refractivity contribution < 1.29 is 9.32 Å². The largest absolute Gasteiger partial charge is 0.340 e. The zero-order valence-electron chi connectivity index (χ0n) is 11.2. The Labute approximate surface area is 113 Å². The monoisotopic (exact) mass is 276 g/mol. The summed E-state index contributed by atoms with van der Waals surface area (Å²) in [7, 11) is 1.69. The molecule has 6 nitrogen and oxygen atoms in total. The quantitative estimate of drug-likeness (QED) is 0.871. The van der Waals surface area contributed by atoms with E-state index in [1.54, 1.807) is 14.0 Å². The van der Waals surface area contributed by atoms with Gasteiger partial charge in [0.05, 0.1) is 12.6 Å². The fourth-order valence-electron chi connectivity index (χ4n) is 1.59. The number of rotatable bonds is 5. The molecule has 0 aromatic carbocycles. The molecule has 0 saturated carbocycles. The van der Waals surface area contributed by atoms with Crippen molar-refractivity contribution in [3.63, 3.8) is 0 Å². The summed E-state index contributed by atoms with van der Waals surface area (Å²) in [5.74, 6) is 1.29. The lowest BCUT2D eigenvalue weighted by molar-refractivity contribution is -0.132. The van der Waals surface area contributed by atoms with Crippen molar-refractivity contribution in [2.45, 2.75) is 39.8 Å². The number of carbonyl (C=O) groups excluding carboxylic acids is 1. The first-order valence-electron chi connectivity index (χ1n) is 5.70. The van der Waals surface area contributed by atoms with Crippen molar-refractivity contribution in [1.29, 1.82) is 0 Å².